The van der Waals surface area contributed by atoms with Crippen molar-refractivity contribution < 1.29 is 14.9 Å². The molecule has 2 N–H and O–H groups in total. The van der Waals surface area contributed by atoms with Crippen molar-refractivity contribution in [2.75, 3.05) is 0 Å². The van der Waals surface area contributed by atoms with E-state index in [1.54, 1.807) is 6.07 Å². The van der Waals surface area contributed by atoms with Gasteiger partial charge >= 0.3 is 0 Å². The number of hydrogen-bond acceptors (Lipinski definition) is 5. The summed E-state index contributed by atoms with van der Waals surface area (Å²) in [6.45, 7) is 0.288. The summed E-state index contributed by atoms with van der Waals surface area (Å²) < 4.78 is 5.66. The zero-order valence-corrected chi connectivity index (χ0v) is 12.4. The van der Waals surface area contributed by atoms with E-state index in [0.717, 1.165) is 5.56 Å². The van der Waals surface area contributed by atoms with Gasteiger partial charge in [-0.15, -0.1) is 0 Å². The smallest absolute Gasteiger partial charge is 0.137 e. The second kappa shape index (κ2) is 7.95. The zero-order chi connectivity index (χ0) is 16.7. The van der Waals surface area contributed by atoms with Crippen molar-refractivity contribution in [1.82, 2.24) is 0 Å². The summed E-state index contributed by atoms with van der Waals surface area (Å²) in [5.41, 5.74) is 1.69. The summed E-state index contributed by atoms with van der Waals surface area (Å²) in [6, 6.07) is 17.9. The Bertz CT molecular complexity index is 732. The highest BCUT2D eigenvalue weighted by atomic mass is 16.5. The first-order chi connectivity index (χ1) is 11.2. The molecule has 5 nitrogen and oxygen atoms in total. The van der Waals surface area contributed by atoms with Crippen LogP contribution in [0.15, 0.2) is 48.5 Å². The van der Waals surface area contributed by atoms with Crippen LogP contribution in [0.25, 0.3) is 0 Å². The van der Waals surface area contributed by atoms with E-state index in [1.807, 2.05) is 42.5 Å². The summed E-state index contributed by atoms with van der Waals surface area (Å²) >= 11 is 0. The minimum atomic E-state index is -1.21. The number of aliphatic hydroxyl groups excluding tert-OH is 2. The second-order valence-corrected chi connectivity index (χ2v) is 5.02. The Hall–Kier alpha value is -2.86. The predicted octanol–water partition coefficient (Wildman–Crippen LogP) is 2.45. The normalized spacial score (nSPS) is 12.7. The third kappa shape index (κ3) is 4.31. The quantitative estimate of drug-likeness (QED) is 0.854. The van der Waals surface area contributed by atoms with Gasteiger partial charge in [-0.05, 0) is 23.3 Å². The van der Waals surface area contributed by atoms with Crippen LogP contribution in [-0.4, -0.2) is 16.3 Å². The van der Waals surface area contributed by atoms with Crippen molar-refractivity contribution in [2.45, 2.75) is 25.2 Å². The van der Waals surface area contributed by atoms with E-state index in [4.69, 9.17) is 15.3 Å². The van der Waals surface area contributed by atoms with E-state index < -0.39 is 12.2 Å². The highest BCUT2D eigenvalue weighted by Gasteiger charge is 2.19. The molecule has 0 aliphatic heterocycles. The molecule has 0 saturated carbocycles. The third-order valence-electron chi connectivity index (χ3n) is 3.37. The Morgan fingerprint density at radius 3 is 2.43 bits per heavy atom. The number of ether oxygens (including phenoxy) is 1. The van der Waals surface area contributed by atoms with Gasteiger partial charge in [-0.2, -0.15) is 10.5 Å². The van der Waals surface area contributed by atoms with Crippen LogP contribution in [0.5, 0.6) is 5.75 Å². The molecule has 0 fully saturated rings. The fraction of sp³-hybridized carbons (Fsp3) is 0.222. The predicted molar refractivity (Wildman–Crippen MR) is 83.1 cm³/mol. The van der Waals surface area contributed by atoms with Crippen molar-refractivity contribution in [3.8, 4) is 17.9 Å². The van der Waals surface area contributed by atoms with Gasteiger partial charge in [-0.25, -0.2) is 0 Å². The number of benzene rings is 2. The van der Waals surface area contributed by atoms with Gasteiger partial charge < -0.3 is 14.9 Å². The molecule has 2 atom stereocenters. The molecule has 2 unspecified atom stereocenters. The SMILES string of the molecule is N#CCC(O)C(O)c1ccc(C#N)c(OCc2ccccc2)c1. The van der Waals surface area contributed by atoms with E-state index in [2.05, 4.69) is 0 Å². The van der Waals surface area contributed by atoms with Crippen LogP contribution < -0.4 is 4.74 Å². The molecule has 0 aromatic heterocycles. The summed E-state index contributed by atoms with van der Waals surface area (Å²) in [7, 11) is 0. The highest BCUT2D eigenvalue weighted by Crippen LogP contribution is 2.27. The molecule has 0 bridgehead atoms. The number of nitriles is 2. The van der Waals surface area contributed by atoms with Crippen LogP contribution in [0.3, 0.4) is 0 Å². The minimum absolute atomic E-state index is 0.179. The van der Waals surface area contributed by atoms with Crippen molar-refractivity contribution in [3.05, 3.63) is 65.2 Å². The van der Waals surface area contributed by atoms with Gasteiger partial charge in [-0.1, -0.05) is 36.4 Å². The maximum absolute atomic E-state index is 10.1. The number of nitrogens with zero attached hydrogens (tertiary/aromatic N) is 2. The van der Waals surface area contributed by atoms with Crippen LogP contribution in [0.2, 0.25) is 0 Å². The lowest BCUT2D eigenvalue weighted by atomic mass is 10.0. The second-order valence-electron chi connectivity index (χ2n) is 5.02. The van der Waals surface area contributed by atoms with E-state index in [1.165, 1.54) is 12.1 Å². The Morgan fingerprint density at radius 2 is 1.78 bits per heavy atom. The Balaban J connectivity index is 2.19. The maximum Gasteiger partial charge on any atom is 0.137 e. The van der Waals surface area contributed by atoms with E-state index in [-0.39, 0.29) is 13.0 Å². The maximum atomic E-state index is 10.1. The topological polar surface area (TPSA) is 97.3 Å². The lowest BCUT2D eigenvalue weighted by Gasteiger charge is -2.17. The molecule has 2 rings (SSSR count). The van der Waals surface area contributed by atoms with Gasteiger partial charge in [0.25, 0.3) is 0 Å². The van der Waals surface area contributed by atoms with Gasteiger partial charge in [0, 0.05) is 0 Å². The lowest BCUT2D eigenvalue weighted by molar-refractivity contribution is 0.0215. The molecule has 0 heterocycles. The fourth-order valence-corrected chi connectivity index (χ4v) is 2.10. The van der Waals surface area contributed by atoms with Gasteiger partial charge in [-0.3, -0.25) is 0 Å². The van der Waals surface area contributed by atoms with Crippen molar-refractivity contribution in [1.29, 1.82) is 10.5 Å². The molecule has 0 aliphatic carbocycles. The Morgan fingerprint density at radius 1 is 1.04 bits per heavy atom. The molecule has 0 amide bonds. The first-order valence-electron chi connectivity index (χ1n) is 7.09. The third-order valence-corrected chi connectivity index (χ3v) is 3.37. The first-order valence-corrected chi connectivity index (χ1v) is 7.09. The lowest BCUT2D eigenvalue weighted by Crippen LogP contribution is -2.17. The summed E-state index contributed by atoms with van der Waals surface area (Å²) in [5, 5.41) is 37.5. The molecular formula is C18H16N2O3. The highest BCUT2D eigenvalue weighted by molar-refractivity contribution is 5.46. The van der Waals surface area contributed by atoms with Crippen LogP contribution in [0.4, 0.5) is 0 Å². The van der Waals surface area contributed by atoms with Crippen LogP contribution in [-0.2, 0) is 6.61 Å². The minimum Gasteiger partial charge on any atom is -0.488 e. The largest absolute Gasteiger partial charge is 0.488 e. The molecule has 0 radical (unpaired) electrons. The average molecular weight is 308 g/mol. The molecule has 0 aliphatic rings. The number of hydrogen-bond donors (Lipinski definition) is 2. The summed E-state index contributed by atoms with van der Waals surface area (Å²) in [6.07, 6.45) is -2.57. The van der Waals surface area contributed by atoms with Crippen LogP contribution in [0, 0.1) is 22.7 Å². The molecule has 2 aromatic carbocycles. The summed E-state index contributed by atoms with van der Waals surface area (Å²) in [5.74, 6) is 0.331. The van der Waals surface area contributed by atoms with Gasteiger partial charge in [0.15, 0.2) is 0 Å². The Kier molecular flexibility index (Phi) is 5.71. The standard InChI is InChI=1S/C18H16N2O3/c19-9-8-16(21)18(22)14-6-7-15(11-20)17(10-14)23-12-13-4-2-1-3-5-13/h1-7,10,16,18,21-22H,8,12H2. The molecule has 0 saturated heterocycles. The van der Waals surface area contributed by atoms with E-state index in [0.29, 0.717) is 16.9 Å². The van der Waals surface area contributed by atoms with Crippen molar-refractivity contribution >= 4 is 0 Å². The molecule has 2 aromatic rings. The monoisotopic (exact) mass is 308 g/mol. The van der Waals surface area contributed by atoms with Crippen LogP contribution in [0.1, 0.15) is 29.2 Å². The van der Waals surface area contributed by atoms with Gasteiger partial charge in [0.2, 0.25) is 0 Å². The molecular weight excluding hydrogens is 292 g/mol. The van der Waals surface area contributed by atoms with Gasteiger partial charge in [0.1, 0.15) is 24.5 Å². The van der Waals surface area contributed by atoms with E-state index in [9.17, 15) is 10.2 Å². The zero-order valence-electron chi connectivity index (χ0n) is 12.4. The average Bonchev–Trinajstić information content (AvgIpc) is 2.60. The first kappa shape index (κ1) is 16.5. The van der Waals surface area contributed by atoms with E-state index >= 15 is 0 Å². The van der Waals surface area contributed by atoms with Crippen molar-refractivity contribution in [3.63, 3.8) is 0 Å². The molecule has 116 valence electrons. The number of rotatable bonds is 6. The molecule has 23 heavy (non-hydrogen) atoms. The van der Waals surface area contributed by atoms with Crippen molar-refractivity contribution in [2.24, 2.45) is 0 Å². The fourth-order valence-electron chi connectivity index (χ4n) is 2.10. The summed E-state index contributed by atoms with van der Waals surface area (Å²) in [4.78, 5) is 0. The van der Waals surface area contributed by atoms with Gasteiger partial charge in [0.05, 0.1) is 24.2 Å². The van der Waals surface area contributed by atoms with Crippen LogP contribution >= 0.6 is 0 Å². The Labute approximate surface area is 134 Å². The number of aliphatic hydroxyl groups is 2. The molecule has 0 spiro atoms. The molecule has 5 heteroatoms.